The SMILES string of the molecule is CC1NC=CC(COc2ccc3c(c2)OCCN(CC(O)CN2CCc4ccccc4C2)C3=O)=C1F. The van der Waals surface area contributed by atoms with Crippen molar-refractivity contribution in [3.05, 3.63) is 82.8 Å². The monoisotopic (exact) mass is 493 g/mol. The number of benzene rings is 2. The van der Waals surface area contributed by atoms with E-state index in [4.69, 9.17) is 9.47 Å². The minimum Gasteiger partial charge on any atom is -0.491 e. The third-order valence-electron chi connectivity index (χ3n) is 6.91. The number of ether oxygens (including phenoxy) is 2. The zero-order valence-corrected chi connectivity index (χ0v) is 20.5. The van der Waals surface area contributed by atoms with E-state index in [1.807, 2.05) is 6.07 Å². The van der Waals surface area contributed by atoms with E-state index in [2.05, 4.69) is 28.4 Å². The Labute approximate surface area is 210 Å². The summed E-state index contributed by atoms with van der Waals surface area (Å²) >= 11 is 0. The molecule has 190 valence electrons. The van der Waals surface area contributed by atoms with Gasteiger partial charge in [0.1, 0.15) is 30.5 Å². The molecule has 36 heavy (non-hydrogen) atoms. The second-order valence-electron chi connectivity index (χ2n) is 9.55. The fourth-order valence-corrected chi connectivity index (χ4v) is 4.92. The molecule has 3 heterocycles. The highest BCUT2D eigenvalue weighted by atomic mass is 19.1. The van der Waals surface area contributed by atoms with Crippen LogP contribution >= 0.6 is 0 Å². The van der Waals surface area contributed by atoms with Gasteiger partial charge in [0.25, 0.3) is 5.91 Å². The maximum Gasteiger partial charge on any atom is 0.257 e. The van der Waals surface area contributed by atoms with Gasteiger partial charge in [-0.2, -0.15) is 0 Å². The topological polar surface area (TPSA) is 74.3 Å². The summed E-state index contributed by atoms with van der Waals surface area (Å²) in [4.78, 5) is 17.1. The number of aliphatic hydroxyl groups is 1. The van der Waals surface area contributed by atoms with Gasteiger partial charge >= 0.3 is 0 Å². The lowest BCUT2D eigenvalue weighted by Gasteiger charge is -2.32. The average molecular weight is 494 g/mol. The number of fused-ring (bicyclic) bond motifs is 2. The van der Waals surface area contributed by atoms with Gasteiger partial charge in [0.05, 0.1) is 24.3 Å². The lowest BCUT2D eigenvalue weighted by molar-refractivity contribution is 0.0501. The Morgan fingerprint density at radius 1 is 1.19 bits per heavy atom. The summed E-state index contributed by atoms with van der Waals surface area (Å²) in [5.41, 5.74) is 3.57. The van der Waals surface area contributed by atoms with Crippen molar-refractivity contribution >= 4 is 5.91 Å². The zero-order chi connectivity index (χ0) is 25.1. The Morgan fingerprint density at radius 2 is 2.03 bits per heavy atom. The molecule has 0 spiro atoms. The number of aliphatic hydroxyl groups excluding tert-OH is 1. The van der Waals surface area contributed by atoms with Crippen LogP contribution in [0.1, 0.15) is 28.4 Å². The van der Waals surface area contributed by atoms with Crippen molar-refractivity contribution in [2.24, 2.45) is 0 Å². The van der Waals surface area contributed by atoms with Crippen molar-refractivity contribution in [1.82, 2.24) is 15.1 Å². The normalized spacial score (nSPS) is 20.7. The number of carbonyl (C=O) groups is 1. The lowest BCUT2D eigenvalue weighted by atomic mass is 10.00. The summed E-state index contributed by atoms with van der Waals surface area (Å²) in [5, 5.41) is 13.7. The number of nitrogens with one attached hydrogen (secondary N) is 1. The third kappa shape index (κ3) is 5.39. The second-order valence-corrected chi connectivity index (χ2v) is 9.55. The maximum atomic E-state index is 14.3. The molecule has 3 aliphatic heterocycles. The fourth-order valence-electron chi connectivity index (χ4n) is 4.92. The molecule has 0 aliphatic carbocycles. The minimum absolute atomic E-state index is 0.0837. The van der Waals surface area contributed by atoms with E-state index < -0.39 is 6.10 Å². The average Bonchev–Trinajstić information content (AvgIpc) is 3.03. The molecule has 0 saturated carbocycles. The summed E-state index contributed by atoms with van der Waals surface area (Å²) in [6, 6.07) is 13.1. The van der Waals surface area contributed by atoms with Crippen LogP contribution in [-0.4, -0.2) is 72.4 Å². The molecule has 2 atom stereocenters. The minimum atomic E-state index is -0.660. The van der Waals surface area contributed by atoms with E-state index >= 15 is 0 Å². The lowest BCUT2D eigenvalue weighted by Crippen LogP contribution is -2.44. The summed E-state index contributed by atoms with van der Waals surface area (Å²) in [5.74, 6) is 0.508. The highest BCUT2D eigenvalue weighted by Gasteiger charge is 2.27. The van der Waals surface area contributed by atoms with Gasteiger partial charge in [-0.05, 0) is 48.9 Å². The third-order valence-corrected chi connectivity index (χ3v) is 6.91. The van der Waals surface area contributed by atoms with E-state index in [1.54, 1.807) is 42.3 Å². The van der Waals surface area contributed by atoms with Crippen molar-refractivity contribution < 1.29 is 23.8 Å². The van der Waals surface area contributed by atoms with Gasteiger partial charge in [-0.1, -0.05) is 24.3 Å². The molecule has 7 nitrogen and oxygen atoms in total. The van der Waals surface area contributed by atoms with Crippen LogP contribution < -0.4 is 14.8 Å². The first-order chi connectivity index (χ1) is 17.5. The first-order valence-corrected chi connectivity index (χ1v) is 12.4. The van der Waals surface area contributed by atoms with E-state index in [9.17, 15) is 14.3 Å². The number of β-amino-alcohol motifs (C(OH)–C–C–N with tert-alkyl or cyclic N) is 1. The maximum absolute atomic E-state index is 14.3. The number of halogens is 1. The summed E-state index contributed by atoms with van der Waals surface area (Å²) in [6.07, 6.45) is 3.67. The van der Waals surface area contributed by atoms with Gasteiger partial charge < -0.3 is 24.8 Å². The summed E-state index contributed by atoms with van der Waals surface area (Å²) < 4.78 is 25.9. The van der Waals surface area contributed by atoms with Crippen molar-refractivity contribution in [1.29, 1.82) is 0 Å². The van der Waals surface area contributed by atoms with E-state index in [1.165, 1.54) is 11.1 Å². The van der Waals surface area contributed by atoms with Crippen LogP contribution in [0.25, 0.3) is 0 Å². The summed E-state index contributed by atoms with van der Waals surface area (Å²) in [6.45, 7) is 4.98. The molecule has 0 bridgehead atoms. The van der Waals surface area contributed by atoms with Gasteiger partial charge in [-0.3, -0.25) is 9.69 Å². The summed E-state index contributed by atoms with van der Waals surface area (Å²) in [7, 11) is 0. The molecule has 0 fully saturated rings. The van der Waals surface area contributed by atoms with E-state index in [0.717, 1.165) is 19.5 Å². The Balaban J connectivity index is 1.19. The number of hydrogen-bond acceptors (Lipinski definition) is 6. The van der Waals surface area contributed by atoms with Gasteiger partial charge in [-0.15, -0.1) is 0 Å². The van der Waals surface area contributed by atoms with Crippen LogP contribution in [-0.2, 0) is 13.0 Å². The number of carbonyl (C=O) groups excluding carboxylic acids is 1. The van der Waals surface area contributed by atoms with Crippen molar-refractivity contribution in [3.63, 3.8) is 0 Å². The standard InChI is InChI=1S/C28H32FN3O4/c1-19-27(29)22(8-10-30-19)18-36-24-6-7-25-26(14-24)35-13-12-32(28(25)34)17-23(33)16-31-11-9-20-4-2-3-5-21(20)15-31/h2-8,10,14,19,23,30,33H,9,11-13,15-18H2,1H3. The van der Waals surface area contributed by atoms with Gasteiger partial charge in [0, 0.05) is 37.8 Å². The Hall–Kier alpha value is -3.36. The molecular formula is C28H32FN3O4. The molecular weight excluding hydrogens is 461 g/mol. The highest BCUT2D eigenvalue weighted by Crippen LogP contribution is 2.29. The van der Waals surface area contributed by atoms with E-state index in [-0.39, 0.29) is 30.9 Å². The van der Waals surface area contributed by atoms with Crippen LogP contribution in [0.3, 0.4) is 0 Å². The van der Waals surface area contributed by atoms with Crippen LogP contribution in [0.5, 0.6) is 11.5 Å². The van der Waals surface area contributed by atoms with Gasteiger partial charge in [0.2, 0.25) is 0 Å². The predicted molar refractivity (Wildman–Crippen MR) is 135 cm³/mol. The molecule has 2 unspecified atom stereocenters. The molecule has 8 heteroatoms. The Kier molecular flexibility index (Phi) is 7.25. The first-order valence-electron chi connectivity index (χ1n) is 12.4. The van der Waals surface area contributed by atoms with Gasteiger partial charge in [-0.25, -0.2) is 4.39 Å². The molecule has 0 radical (unpaired) electrons. The largest absolute Gasteiger partial charge is 0.491 e. The molecule has 2 N–H and O–H groups in total. The number of dihydropyridines is 1. The zero-order valence-electron chi connectivity index (χ0n) is 20.5. The van der Waals surface area contributed by atoms with Gasteiger partial charge in [0.15, 0.2) is 0 Å². The molecule has 0 aromatic heterocycles. The molecule has 5 rings (SSSR count). The second kappa shape index (κ2) is 10.7. The fraction of sp³-hybridized carbons (Fsp3) is 0.393. The molecule has 0 saturated heterocycles. The number of rotatable bonds is 7. The number of hydrogen-bond donors (Lipinski definition) is 2. The van der Waals surface area contributed by atoms with Crippen molar-refractivity contribution in [2.45, 2.75) is 32.0 Å². The van der Waals surface area contributed by atoms with Crippen molar-refractivity contribution in [3.8, 4) is 11.5 Å². The highest BCUT2D eigenvalue weighted by molar-refractivity contribution is 5.97. The van der Waals surface area contributed by atoms with Crippen LogP contribution in [0.4, 0.5) is 4.39 Å². The number of amides is 1. The van der Waals surface area contributed by atoms with Crippen molar-refractivity contribution in [2.75, 3.05) is 39.4 Å². The molecule has 2 aromatic carbocycles. The predicted octanol–water partition coefficient (Wildman–Crippen LogP) is 3.05. The number of nitrogens with zero attached hydrogens (tertiary/aromatic N) is 2. The Bertz CT molecular complexity index is 1180. The van der Waals surface area contributed by atoms with Crippen LogP contribution in [0.15, 0.2) is 66.1 Å². The molecule has 2 aromatic rings. The first kappa shape index (κ1) is 24.3. The van der Waals surface area contributed by atoms with Crippen LogP contribution in [0.2, 0.25) is 0 Å². The quantitative estimate of drug-likeness (QED) is 0.618. The van der Waals surface area contributed by atoms with E-state index in [0.29, 0.717) is 42.3 Å². The van der Waals surface area contributed by atoms with Crippen LogP contribution in [0, 0.1) is 0 Å². The Morgan fingerprint density at radius 3 is 2.89 bits per heavy atom. The molecule has 1 amide bonds. The molecule has 3 aliphatic rings. The smallest absolute Gasteiger partial charge is 0.257 e.